The summed E-state index contributed by atoms with van der Waals surface area (Å²) in [6.07, 6.45) is 1.57. The molecule has 19 heavy (non-hydrogen) atoms. The van der Waals surface area contributed by atoms with E-state index in [1.54, 1.807) is 12.3 Å². The smallest absolute Gasteiger partial charge is 0.168 e. The minimum Gasteiger partial charge on any atom is -0.297 e. The summed E-state index contributed by atoms with van der Waals surface area (Å²) >= 11 is 0. The van der Waals surface area contributed by atoms with Crippen LogP contribution < -0.4 is 0 Å². The zero-order valence-corrected chi connectivity index (χ0v) is 10.6. The quantitative estimate of drug-likeness (QED) is 0.647. The second kappa shape index (κ2) is 4.16. The zero-order chi connectivity index (χ0) is 13.6. The van der Waals surface area contributed by atoms with Gasteiger partial charge in [0.25, 0.3) is 0 Å². The maximum Gasteiger partial charge on any atom is 0.168 e. The Morgan fingerprint density at radius 1 is 1.11 bits per heavy atom. The lowest BCUT2D eigenvalue weighted by atomic mass is 10.1. The molecule has 1 aromatic carbocycles. The highest BCUT2D eigenvalue weighted by Gasteiger charge is 2.14. The van der Waals surface area contributed by atoms with Gasteiger partial charge in [-0.1, -0.05) is 6.07 Å². The number of nitrogens with zero attached hydrogens (tertiary/aromatic N) is 2. The molecule has 0 bridgehead atoms. The Kier molecular flexibility index (Phi) is 2.59. The van der Waals surface area contributed by atoms with Crippen LogP contribution >= 0.6 is 0 Å². The van der Waals surface area contributed by atoms with Crippen LogP contribution in [-0.4, -0.2) is 9.38 Å². The van der Waals surface area contributed by atoms with E-state index in [1.807, 2.05) is 30.4 Å². The van der Waals surface area contributed by atoms with Crippen molar-refractivity contribution < 1.29 is 8.78 Å². The topological polar surface area (TPSA) is 17.3 Å². The Bertz CT molecular complexity index is 775. The van der Waals surface area contributed by atoms with Gasteiger partial charge in [0.15, 0.2) is 11.6 Å². The molecule has 3 rings (SSSR count). The van der Waals surface area contributed by atoms with Crippen LogP contribution in [0.15, 0.2) is 36.5 Å². The molecule has 2 aromatic heterocycles. The summed E-state index contributed by atoms with van der Waals surface area (Å²) in [5.74, 6) is -1.69. The van der Waals surface area contributed by atoms with Crippen LogP contribution in [0.3, 0.4) is 0 Å². The van der Waals surface area contributed by atoms with Crippen LogP contribution in [0.4, 0.5) is 8.78 Å². The van der Waals surface area contributed by atoms with Gasteiger partial charge < -0.3 is 0 Å². The molecule has 0 amide bonds. The van der Waals surface area contributed by atoms with E-state index in [4.69, 9.17) is 0 Å². The van der Waals surface area contributed by atoms with Crippen molar-refractivity contribution in [2.45, 2.75) is 13.8 Å². The van der Waals surface area contributed by atoms with Gasteiger partial charge in [0.1, 0.15) is 5.65 Å². The molecular weight excluding hydrogens is 246 g/mol. The normalized spacial score (nSPS) is 11.2. The van der Waals surface area contributed by atoms with Gasteiger partial charge in [-0.25, -0.2) is 13.8 Å². The summed E-state index contributed by atoms with van der Waals surface area (Å²) in [6, 6.07) is 8.06. The standard InChI is InChI=1S/C15H12F2N2/c1-9-6-10(2)19-13(8-18-14(19)7-9)11-4-3-5-12(16)15(11)17/h3-8H,1-2H3. The number of benzene rings is 1. The molecule has 3 aromatic rings. The lowest BCUT2D eigenvalue weighted by molar-refractivity contribution is 0.511. The van der Waals surface area contributed by atoms with Gasteiger partial charge in [0, 0.05) is 11.3 Å². The van der Waals surface area contributed by atoms with Crippen molar-refractivity contribution in [3.8, 4) is 11.3 Å². The number of pyridine rings is 1. The van der Waals surface area contributed by atoms with E-state index in [-0.39, 0.29) is 5.56 Å². The Hall–Kier alpha value is -2.23. The summed E-state index contributed by atoms with van der Waals surface area (Å²) in [5.41, 5.74) is 3.54. The molecule has 0 radical (unpaired) electrons. The lowest BCUT2D eigenvalue weighted by Crippen LogP contribution is -1.97. The Balaban J connectivity index is 2.35. The van der Waals surface area contributed by atoms with E-state index in [0.717, 1.165) is 23.0 Å². The molecule has 0 N–H and O–H groups in total. The monoisotopic (exact) mass is 258 g/mol. The summed E-state index contributed by atoms with van der Waals surface area (Å²) in [5, 5.41) is 0. The molecule has 0 aliphatic rings. The fourth-order valence-electron chi connectivity index (χ4n) is 2.37. The van der Waals surface area contributed by atoms with E-state index in [2.05, 4.69) is 4.98 Å². The van der Waals surface area contributed by atoms with Crippen molar-refractivity contribution in [2.75, 3.05) is 0 Å². The highest BCUT2D eigenvalue weighted by Crippen LogP contribution is 2.26. The minimum atomic E-state index is -0.850. The summed E-state index contributed by atoms with van der Waals surface area (Å²) in [7, 11) is 0. The number of fused-ring (bicyclic) bond motifs is 1. The number of hydrogen-bond donors (Lipinski definition) is 0. The van der Waals surface area contributed by atoms with E-state index in [0.29, 0.717) is 5.69 Å². The first-order valence-corrected chi connectivity index (χ1v) is 5.97. The predicted octanol–water partition coefficient (Wildman–Crippen LogP) is 3.90. The van der Waals surface area contributed by atoms with Gasteiger partial charge in [0.2, 0.25) is 0 Å². The van der Waals surface area contributed by atoms with E-state index < -0.39 is 11.6 Å². The highest BCUT2D eigenvalue weighted by molar-refractivity contribution is 5.65. The molecule has 0 saturated heterocycles. The van der Waals surface area contributed by atoms with Crippen molar-refractivity contribution in [1.29, 1.82) is 0 Å². The second-order valence-corrected chi connectivity index (χ2v) is 4.61. The van der Waals surface area contributed by atoms with E-state index >= 15 is 0 Å². The fraction of sp³-hybridized carbons (Fsp3) is 0.133. The molecule has 0 fully saturated rings. The molecule has 96 valence electrons. The third-order valence-electron chi connectivity index (χ3n) is 3.16. The maximum atomic E-state index is 13.9. The van der Waals surface area contributed by atoms with Gasteiger partial charge >= 0.3 is 0 Å². The van der Waals surface area contributed by atoms with Crippen LogP contribution in [0, 0.1) is 25.5 Å². The van der Waals surface area contributed by atoms with Crippen LogP contribution in [-0.2, 0) is 0 Å². The van der Waals surface area contributed by atoms with Crippen LogP contribution in [0.5, 0.6) is 0 Å². The molecule has 2 nitrogen and oxygen atoms in total. The van der Waals surface area contributed by atoms with Crippen LogP contribution in [0.1, 0.15) is 11.3 Å². The number of halogens is 2. The SMILES string of the molecule is Cc1cc(C)n2c(-c3cccc(F)c3F)cnc2c1. The van der Waals surface area contributed by atoms with Crippen molar-refractivity contribution in [2.24, 2.45) is 0 Å². The molecule has 4 heteroatoms. The average molecular weight is 258 g/mol. The Morgan fingerprint density at radius 2 is 1.89 bits per heavy atom. The number of aryl methyl sites for hydroxylation is 2. The number of aromatic nitrogens is 2. The highest BCUT2D eigenvalue weighted by atomic mass is 19.2. The first-order valence-electron chi connectivity index (χ1n) is 5.97. The number of imidazole rings is 1. The number of hydrogen-bond acceptors (Lipinski definition) is 1. The molecule has 2 heterocycles. The summed E-state index contributed by atoms with van der Waals surface area (Å²) in [4.78, 5) is 4.26. The molecule has 0 saturated carbocycles. The minimum absolute atomic E-state index is 0.222. The van der Waals surface area contributed by atoms with Crippen molar-refractivity contribution in [3.63, 3.8) is 0 Å². The van der Waals surface area contributed by atoms with Crippen molar-refractivity contribution in [1.82, 2.24) is 9.38 Å². The van der Waals surface area contributed by atoms with Gasteiger partial charge in [-0.2, -0.15) is 0 Å². The predicted molar refractivity (Wildman–Crippen MR) is 70.0 cm³/mol. The van der Waals surface area contributed by atoms with Gasteiger partial charge in [-0.15, -0.1) is 0 Å². The van der Waals surface area contributed by atoms with Crippen molar-refractivity contribution in [3.05, 3.63) is 59.4 Å². The lowest BCUT2D eigenvalue weighted by Gasteiger charge is -2.08. The molecule has 0 unspecified atom stereocenters. The summed E-state index contributed by atoms with van der Waals surface area (Å²) in [6.45, 7) is 3.90. The fourth-order valence-corrected chi connectivity index (χ4v) is 2.37. The molecule has 0 aliphatic heterocycles. The summed E-state index contributed by atoms with van der Waals surface area (Å²) < 4.78 is 29.0. The second-order valence-electron chi connectivity index (χ2n) is 4.61. The largest absolute Gasteiger partial charge is 0.297 e. The molecule has 0 atom stereocenters. The first kappa shape index (κ1) is 11.8. The van der Waals surface area contributed by atoms with Gasteiger partial charge in [-0.3, -0.25) is 4.40 Å². The average Bonchev–Trinajstić information content (AvgIpc) is 2.76. The van der Waals surface area contributed by atoms with Crippen LogP contribution in [0.25, 0.3) is 16.9 Å². The Morgan fingerprint density at radius 3 is 2.68 bits per heavy atom. The molecule has 0 spiro atoms. The van der Waals surface area contributed by atoms with Gasteiger partial charge in [-0.05, 0) is 43.7 Å². The van der Waals surface area contributed by atoms with Crippen LogP contribution in [0.2, 0.25) is 0 Å². The van der Waals surface area contributed by atoms with E-state index in [1.165, 1.54) is 6.07 Å². The first-order chi connectivity index (χ1) is 9.08. The third kappa shape index (κ3) is 1.80. The number of rotatable bonds is 1. The Labute approximate surface area is 109 Å². The molecule has 0 aliphatic carbocycles. The zero-order valence-electron chi connectivity index (χ0n) is 10.6. The van der Waals surface area contributed by atoms with Crippen molar-refractivity contribution >= 4 is 5.65 Å². The molecular formula is C15H12F2N2. The van der Waals surface area contributed by atoms with E-state index in [9.17, 15) is 8.78 Å². The third-order valence-corrected chi connectivity index (χ3v) is 3.16. The van der Waals surface area contributed by atoms with Gasteiger partial charge in [0.05, 0.1) is 11.9 Å². The maximum absolute atomic E-state index is 13.9.